The molecule has 1 aromatic carbocycles. The standard InChI is InChI=1S/C11H16Cl2NO4P/c1-3-17-19(16,18-4-2)11(14)7-5-8(12)10(15)9(13)6-7/h5-6,11,15H,3-4,14H2,1-2H3/t11-/m1/s1. The molecule has 0 saturated carbocycles. The van der Waals surface area contributed by atoms with Gasteiger partial charge < -0.3 is 19.9 Å². The maximum Gasteiger partial charge on any atom is 0.351 e. The van der Waals surface area contributed by atoms with Crippen LogP contribution in [0, 0.1) is 0 Å². The summed E-state index contributed by atoms with van der Waals surface area (Å²) in [6, 6.07) is 2.77. The van der Waals surface area contributed by atoms with Crippen molar-refractivity contribution in [2.24, 2.45) is 5.73 Å². The number of hydrogen-bond acceptors (Lipinski definition) is 5. The van der Waals surface area contributed by atoms with Crippen LogP contribution in [0.15, 0.2) is 12.1 Å². The van der Waals surface area contributed by atoms with Gasteiger partial charge in [-0.15, -0.1) is 0 Å². The lowest BCUT2D eigenvalue weighted by Gasteiger charge is -2.23. The van der Waals surface area contributed by atoms with Crippen molar-refractivity contribution < 1.29 is 18.7 Å². The summed E-state index contributed by atoms with van der Waals surface area (Å²) in [5.74, 6) is -1.27. The van der Waals surface area contributed by atoms with Crippen molar-refractivity contribution in [1.82, 2.24) is 0 Å². The Balaban J connectivity index is 3.16. The van der Waals surface area contributed by atoms with Crippen LogP contribution in [0.25, 0.3) is 0 Å². The molecule has 0 amide bonds. The van der Waals surface area contributed by atoms with Gasteiger partial charge in [-0.1, -0.05) is 23.2 Å². The fourth-order valence-electron chi connectivity index (χ4n) is 1.50. The number of aromatic hydroxyl groups is 1. The van der Waals surface area contributed by atoms with Gasteiger partial charge in [-0.05, 0) is 31.5 Å². The first-order chi connectivity index (χ1) is 8.85. The second-order valence-electron chi connectivity index (χ2n) is 3.65. The number of phenols is 1. The monoisotopic (exact) mass is 327 g/mol. The molecule has 0 aliphatic rings. The quantitative estimate of drug-likeness (QED) is 0.774. The van der Waals surface area contributed by atoms with Crippen molar-refractivity contribution in [3.63, 3.8) is 0 Å². The molecule has 0 unspecified atom stereocenters. The van der Waals surface area contributed by atoms with Crippen molar-refractivity contribution in [2.45, 2.75) is 19.6 Å². The number of rotatable bonds is 6. The minimum atomic E-state index is -3.51. The van der Waals surface area contributed by atoms with Crippen molar-refractivity contribution in [3.8, 4) is 5.75 Å². The lowest BCUT2D eigenvalue weighted by Crippen LogP contribution is -2.15. The van der Waals surface area contributed by atoms with E-state index < -0.39 is 13.4 Å². The third-order valence-electron chi connectivity index (χ3n) is 2.34. The Morgan fingerprint density at radius 3 is 2.05 bits per heavy atom. The van der Waals surface area contributed by atoms with Crippen LogP contribution in [-0.2, 0) is 13.6 Å². The van der Waals surface area contributed by atoms with Crippen LogP contribution in [0.2, 0.25) is 10.0 Å². The Morgan fingerprint density at radius 1 is 1.26 bits per heavy atom. The van der Waals surface area contributed by atoms with Crippen molar-refractivity contribution in [3.05, 3.63) is 27.7 Å². The second kappa shape index (κ2) is 6.93. The van der Waals surface area contributed by atoms with Crippen LogP contribution >= 0.6 is 30.8 Å². The van der Waals surface area contributed by atoms with E-state index in [2.05, 4.69) is 0 Å². The summed E-state index contributed by atoms with van der Waals surface area (Å²) in [7, 11) is -3.51. The topological polar surface area (TPSA) is 81.8 Å². The average Bonchev–Trinajstić information content (AvgIpc) is 2.35. The van der Waals surface area contributed by atoms with E-state index in [4.69, 9.17) is 38.0 Å². The van der Waals surface area contributed by atoms with E-state index >= 15 is 0 Å². The first-order valence-electron chi connectivity index (χ1n) is 5.68. The number of benzene rings is 1. The summed E-state index contributed by atoms with van der Waals surface area (Å²) in [6.45, 7) is 3.78. The summed E-state index contributed by atoms with van der Waals surface area (Å²) in [6.07, 6.45) is 0. The molecule has 0 aromatic heterocycles. The molecule has 0 bridgehead atoms. The highest BCUT2D eigenvalue weighted by Crippen LogP contribution is 2.58. The molecular formula is C11H16Cl2NO4P. The third-order valence-corrected chi connectivity index (χ3v) is 5.13. The molecule has 0 saturated heterocycles. The SMILES string of the molecule is CCOP(=O)(OCC)[C@@H](N)c1cc(Cl)c(O)c(Cl)c1. The van der Waals surface area contributed by atoms with Gasteiger partial charge in [-0.3, -0.25) is 4.57 Å². The zero-order valence-electron chi connectivity index (χ0n) is 10.6. The molecule has 8 heteroatoms. The predicted octanol–water partition coefficient (Wildman–Crippen LogP) is 3.92. The molecule has 0 aliphatic heterocycles. The molecule has 5 nitrogen and oxygen atoms in total. The summed E-state index contributed by atoms with van der Waals surface area (Å²) in [5, 5.41) is 9.54. The van der Waals surface area contributed by atoms with E-state index in [-0.39, 0.29) is 29.0 Å². The molecule has 1 atom stereocenters. The minimum Gasteiger partial charge on any atom is -0.505 e. The van der Waals surface area contributed by atoms with Crippen LogP contribution in [0.1, 0.15) is 25.2 Å². The first-order valence-corrected chi connectivity index (χ1v) is 8.04. The molecule has 108 valence electrons. The Bertz CT molecular complexity index is 465. The predicted molar refractivity (Wildman–Crippen MR) is 75.9 cm³/mol. The zero-order valence-corrected chi connectivity index (χ0v) is 13.0. The number of phenolic OH excluding ortho intramolecular Hbond substituents is 1. The lowest BCUT2D eigenvalue weighted by molar-refractivity contribution is 0.212. The van der Waals surface area contributed by atoms with Gasteiger partial charge in [0, 0.05) is 0 Å². The lowest BCUT2D eigenvalue weighted by atomic mass is 10.2. The van der Waals surface area contributed by atoms with E-state index in [0.717, 1.165) is 0 Å². The van der Waals surface area contributed by atoms with Crippen molar-refractivity contribution in [2.75, 3.05) is 13.2 Å². The summed E-state index contributed by atoms with van der Waals surface area (Å²) >= 11 is 11.6. The van der Waals surface area contributed by atoms with E-state index in [0.29, 0.717) is 5.56 Å². The number of nitrogens with two attached hydrogens (primary N) is 1. The highest BCUT2D eigenvalue weighted by atomic mass is 35.5. The molecule has 0 radical (unpaired) electrons. The van der Waals surface area contributed by atoms with Gasteiger partial charge in [0.25, 0.3) is 0 Å². The maximum atomic E-state index is 12.5. The normalized spacial score (nSPS) is 13.5. The van der Waals surface area contributed by atoms with Crippen LogP contribution in [0.5, 0.6) is 5.75 Å². The van der Waals surface area contributed by atoms with E-state index in [1.165, 1.54) is 12.1 Å². The van der Waals surface area contributed by atoms with Crippen LogP contribution in [-0.4, -0.2) is 18.3 Å². The van der Waals surface area contributed by atoms with E-state index in [1.807, 2.05) is 0 Å². The Hall–Kier alpha value is -0.290. The van der Waals surface area contributed by atoms with Gasteiger partial charge in [0.2, 0.25) is 0 Å². The van der Waals surface area contributed by atoms with Crippen molar-refractivity contribution in [1.29, 1.82) is 0 Å². The Kier molecular flexibility index (Phi) is 6.12. The molecule has 19 heavy (non-hydrogen) atoms. The largest absolute Gasteiger partial charge is 0.505 e. The molecule has 1 rings (SSSR count). The average molecular weight is 328 g/mol. The maximum absolute atomic E-state index is 12.5. The van der Waals surface area contributed by atoms with E-state index in [1.54, 1.807) is 13.8 Å². The van der Waals surface area contributed by atoms with Gasteiger partial charge in [0.1, 0.15) is 5.78 Å². The first kappa shape index (κ1) is 16.8. The van der Waals surface area contributed by atoms with Crippen LogP contribution < -0.4 is 5.73 Å². The van der Waals surface area contributed by atoms with Crippen LogP contribution in [0.3, 0.4) is 0 Å². The van der Waals surface area contributed by atoms with Gasteiger partial charge in [-0.2, -0.15) is 0 Å². The van der Waals surface area contributed by atoms with Gasteiger partial charge in [0.15, 0.2) is 5.75 Å². The molecule has 1 aromatic rings. The Labute approximate surface area is 122 Å². The van der Waals surface area contributed by atoms with Gasteiger partial charge >= 0.3 is 7.60 Å². The molecule has 0 fully saturated rings. The van der Waals surface area contributed by atoms with Gasteiger partial charge in [-0.25, -0.2) is 0 Å². The number of halogens is 2. The van der Waals surface area contributed by atoms with Gasteiger partial charge in [0.05, 0.1) is 23.3 Å². The summed E-state index contributed by atoms with van der Waals surface area (Å²) in [4.78, 5) is 0. The zero-order chi connectivity index (χ0) is 14.6. The molecule has 0 spiro atoms. The fourth-order valence-corrected chi connectivity index (χ4v) is 3.63. The highest BCUT2D eigenvalue weighted by molar-refractivity contribution is 7.54. The minimum absolute atomic E-state index is 0.0255. The third kappa shape index (κ3) is 3.85. The molecule has 3 N–H and O–H groups in total. The number of hydrogen-bond donors (Lipinski definition) is 2. The smallest absolute Gasteiger partial charge is 0.351 e. The van der Waals surface area contributed by atoms with Crippen LogP contribution in [0.4, 0.5) is 0 Å². The van der Waals surface area contributed by atoms with Crippen molar-refractivity contribution >= 4 is 30.8 Å². The molecule has 0 heterocycles. The molecule has 0 aliphatic carbocycles. The van der Waals surface area contributed by atoms with E-state index in [9.17, 15) is 9.67 Å². The Morgan fingerprint density at radius 2 is 1.68 bits per heavy atom. The fraction of sp³-hybridized carbons (Fsp3) is 0.455. The highest BCUT2D eigenvalue weighted by Gasteiger charge is 2.34. The molecular weight excluding hydrogens is 312 g/mol. The summed E-state index contributed by atoms with van der Waals surface area (Å²) in [5.41, 5.74) is 6.29. The summed E-state index contributed by atoms with van der Waals surface area (Å²) < 4.78 is 22.8. The second-order valence-corrected chi connectivity index (χ2v) is 6.62.